The van der Waals surface area contributed by atoms with E-state index >= 15 is 0 Å². The van der Waals surface area contributed by atoms with Crippen molar-refractivity contribution in [2.75, 3.05) is 11.1 Å². The molecule has 1 aromatic carbocycles. The summed E-state index contributed by atoms with van der Waals surface area (Å²) in [6.07, 6.45) is 1.69. The molecule has 0 saturated carbocycles. The summed E-state index contributed by atoms with van der Waals surface area (Å²) in [6.45, 7) is 1.93. The molecule has 0 fully saturated rings. The van der Waals surface area contributed by atoms with E-state index in [2.05, 4.69) is 15.3 Å². The Kier molecular flexibility index (Phi) is 3.23. The minimum atomic E-state index is -0.330. The Hall–Kier alpha value is -2.95. The summed E-state index contributed by atoms with van der Waals surface area (Å²) in [6, 6.07) is 12.6. The van der Waals surface area contributed by atoms with Gasteiger partial charge in [-0.2, -0.15) is 0 Å². The van der Waals surface area contributed by atoms with Gasteiger partial charge in [0.25, 0.3) is 5.91 Å². The third kappa shape index (κ3) is 2.67. The zero-order chi connectivity index (χ0) is 14.8. The van der Waals surface area contributed by atoms with E-state index in [1.54, 1.807) is 18.3 Å². The number of carbonyl (C=O) groups excluding carboxylic acids is 1. The molecule has 21 heavy (non-hydrogen) atoms. The number of para-hydroxylation sites is 1. The van der Waals surface area contributed by atoms with Crippen LogP contribution in [0.25, 0.3) is 10.9 Å². The van der Waals surface area contributed by atoms with Crippen LogP contribution in [0, 0.1) is 6.92 Å². The first-order valence-corrected chi connectivity index (χ1v) is 6.53. The molecule has 5 nitrogen and oxygen atoms in total. The number of anilines is 2. The Balaban J connectivity index is 1.92. The van der Waals surface area contributed by atoms with Crippen molar-refractivity contribution >= 4 is 28.3 Å². The molecule has 0 spiro atoms. The number of amides is 1. The fourth-order valence-electron chi connectivity index (χ4n) is 2.04. The number of aryl methyl sites for hydroxylation is 1. The predicted molar refractivity (Wildman–Crippen MR) is 83.1 cm³/mol. The van der Waals surface area contributed by atoms with Crippen molar-refractivity contribution in [2.45, 2.75) is 6.92 Å². The topological polar surface area (TPSA) is 80.9 Å². The lowest BCUT2D eigenvalue weighted by Crippen LogP contribution is -2.15. The van der Waals surface area contributed by atoms with E-state index in [4.69, 9.17) is 5.73 Å². The van der Waals surface area contributed by atoms with Gasteiger partial charge in [0.2, 0.25) is 0 Å². The zero-order valence-electron chi connectivity index (χ0n) is 11.5. The maximum absolute atomic E-state index is 12.2. The van der Waals surface area contributed by atoms with Crippen LogP contribution >= 0.6 is 0 Å². The summed E-state index contributed by atoms with van der Waals surface area (Å²) in [7, 11) is 0. The number of nitrogens with two attached hydrogens (primary N) is 1. The van der Waals surface area contributed by atoms with Crippen molar-refractivity contribution in [3.63, 3.8) is 0 Å². The summed E-state index contributed by atoms with van der Waals surface area (Å²) in [4.78, 5) is 20.7. The lowest BCUT2D eigenvalue weighted by molar-refractivity contribution is 0.102. The number of rotatable bonds is 2. The molecule has 0 unspecified atom stereocenters. The number of benzene rings is 1. The van der Waals surface area contributed by atoms with Crippen LogP contribution in [0.4, 0.5) is 11.5 Å². The van der Waals surface area contributed by atoms with Gasteiger partial charge in [0.1, 0.15) is 11.5 Å². The maximum atomic E-state index is 12.2. The maximum Gasteiger partial charge on any atom is 0.275 e. The lowest BCUT2D eigenvalue weighted by atomic mass is 10.1. The molecular weight excluding hydrogens is 264 g/mol. The highest BCUT2D eigenvalue weighted by Gasteiger charge is 2.11. The summed E-state index contributed by atoms with van der Waals surface area (Å²) >= 11 is 0. The fourth-order valence-corrected chi connectivity index (χ4v) is 2.04. The number of nitrogens with zero attached hydrogens (tertiary/aromatic N) is 2. The summed E-state index contributed by atoms with van der Waals surface area (Å²) in [5.74, 6) is 0.155. The average Bonchev–Trinajstić information content (AvgIpc) is 2.49. The average molecular weight is 278 g/mol. The minimum absolute atomic E-state index is 0.272. The van der Waals surface area contributed by atoms with Crippen LogP contribution in [0.2, 0.25) is 0 Å². The Morgan fingerprint density at radius 2 is 2.00 bits per heavy atom. The number of aromatic nitrogens is 2. The van der Waals surface area contributed by atoms with Crippen LogP contribution in [-0.4, -0.2) is 15.9 Å². The monoisotopic (exact) mass is 278 g/mol. The molecule has 104 valence electrons. The highest BCUT2D eigenvalue weighted by molar-refractivity contribution is 6.05. The van der Waals surface area contributed by atoms with Crippen LogP contribution in [-0.2, 0) is 0 Å². The summed E-state index contributed by atoms with van der Waals surface area (Å²) in [5, 5.41) is 3.54. The Bertz CT molecular complexity index is 812. The molecule has 0 aliphatic heterocycles. The molecule has 2 heterocycles. The van der Waals surface area contributed by atoms with Gasteiger partial charge in [-0.25, -0.2) is 9.97 Å². The standard InChI is InChI=1S/C16H14N4O/c1-10-6-7-15(18-9-10)20-16(21)14-8-12(17)11-4-2-3-5-13(11)19-14/h2-9H,1H3,(H2,17,19)(H,18,20,21). The van der Waals surface area contributed by atoms with Gasteiger partial charge in [-0.05, 0) is 30.7 Å². The number of pyridine rings is 2. The van der Waals surface area contributed by atoms with Crippen molar-refractivity contribution < 1.29 is 4.79 Å². The van der Waals surface area contributed by atoms with Crippen molar-refractivity contribution in [1.29, 1.82) is 0 Å². The minimum Gasteiger partial charge on any atom is -0.398 e. The van der Waals surface area contributed by atoms with Crippen LogP contribution in [0.5, 0.6) is 0 Å². The molecule has 0 aliphatic rings. The van der Waals surface area contributed by atoms with Crippen LogP contribution in [0.15, 0.2) is 48.7 Å². The summed E-state index contributed by atoms with van der Waals surface area (Å²) in [5.41, 5.74) is 8.50. The number of carbonyl (C=O) groups is 1. The van der Waals surface area contributed by atoms with Crippen molar-refractivity contribution in [3.8, 4) is 0 Å². The Morgan fingerprint density at radius 1 is 1.19 bits per heavy atom. The van der Waals surface area contributed by atoms with E-state index in [9.17, 15) is 4.79 Å². The molecule has 3 aromatic rings. The molecule has 3 N–H and O–H groups in total. The van der Waals surface area contributed by atoms with Gasteiger partial charge in [0, 0.05) is 17.3 Å². The van der Waals surface area contributed by atoms with Gasteiger partial charge in [-0.3, -0.25) is 4.79 Å². The van der Waals surface area contributed by atoms with Gasteiger partial charge in [-0.15, -0.1) is 0 Å². The molecule has 0 saturated heterocycles. The quantitative estimate of drug-likeness (QED) is 0.755. The summed E-state index contributed by atoms with van der Waals surface area (Å²) < 4.78 is 0. The number of hydrogen-bond acceptors (Lipinski definition) is 4. The SMILES string of the molecule is Cc1ccc(NC(=O)c2cc(N)c3ccccc3n2)nc1. The first kappa shape index (κ1) is 13.1. The Morgan fingerprint density at radius 3 is 2.76 bits per heavy atom. The fraction of sp³-hybridized carbons (Fsp3) is 0.0625. The molecule has 0 bridgehead atoms. The van der Waals surface area contributed by atoms with Gasteiger partial charge in [0.05, 0.1) is 5.52 Å². The zero-order valence-corrected chi connectivity index (χ0v) is 11.5. The second kappa shape index (κ2) is 5.20. The molecule has 2 aromatic heterocycles. The van der Waals surface area contributed by atoms with Gasteiger partial charge in [-0.1, -0.05) is 24.3 Å². The third-order valence-corrected chi connectivity index (χ3v) is 3.13. The van der Waals surface area contributed by atoms with Crippen molar-refractivity contribution in [1.82, 2.24) is 9.97 Å². The molecule has 0 radical (unpaired) electrons. The highest BCUT2D eigenvalue weighted by Crippen LogP contribution is 2.20. The molecule has 0 atom stereocenters. The molecule has 3 rings (SSSR count). The van der Waals surface area contributed by atoms with Gasteiger partial charge in [0.15, 0.2) is 0 Å². The van der Waals surface area contributed by atoms with Crippen LogP contribution < -0.4 is 11.1 Å². The van der Waals surface area contributed by atoms with E-state index in [0.717, 1.165) is 10.9 Å². The number of hydrogen-bond donors (Lipinski definition) is 2. The smallest absolute Gasteiger partial charge is 0.275 e. The van der Waals surface area contributed by atoms with Gasteiger partial charge < -0.3 is 11.1 Å². The third-order valence-electron chi connectivity index (χ3n) is 3.13. The molecule has 0 aliphatic carbocycles. The van der Waals surface area contributed by atoms with E-state index in [0.29, 0.717) is 17.0 Å². The highest BCUT2D eigenvalue weighted by atomic mass is 16.1. The Labute approximate surface area is 121 Å². The van der Waals surface area contributed by atoms with Crippen molar-refractivity contribution in [3.05, 3.63) is 59.9 Å². The van der Waals surface area contributed by atoms with E-state index in [1.807, 2.05) is 37.3 Å². The first-order chi connectivity index (χ1) is 10.1. The van der Waals surface area contributed by atoms with Crippen LogP contribution in [0.3, 0.4) is 0 Å². The van der Waals surface area contributed by atoms with E-state index < -0.39 is 0 Å². The molecule has 1 amide bonds. The lowest BCUT2D eigenvalue weighted by Gasteiger charge is -2.07. The first-order valence-electron chi connectivity index (χ1n) is 6.53. The van der Waals surface area contributed by atoms with E-state index in [-0.39, 0.29) is 11.6 Å². The van der Waals surface area contributed by atoms with Gasteiger partial charge >= 0.3 is 0 Å². The van der Waals surface area contributed by atoms with Crippen molar-refractivity contribution in [2.24, 2.45) is 0 Å². The van der Waals surface area contributed by atoms with Crippen LogP contribution in [0.1, 0.15) is 16.1 Å². The number of fused-ring (bicyclic) bond motifs is 1. The second-order valence-electron chi connectivity index (χ2n) is 4.79. The predicted octanol–water partition coefficient (Wildman–Crippen LogP) is 2.77. The molecule has 5 heteroatoms. The second-order valence-corrected chi connectivity index (χ2v) is 4.79. The normalized spacial score (nSPS) is 10.5. The number of nitrogens with one attached hydrogen (secondary N) is 1. The number of nitrogen functional groups attached to an aromatic ring is 1. The van der Waals surface area contributed by atoms with E-state index in [1.165, 1.54) is 0 Å². The largest absolute Gasteiger partial charge is 0.398 e. The molecular formula is C16H14N4O.